The maximum atomic E-state index is 11.2. The Kier molecular flexibility index (Phi) is 5.00. The van der Waals surface area contributed by atoms with Crippen molar-refractivity contribution in [2.24, 2.45) is 11.8 Å². The number of carbonyl (C=O) groups is 2. The van der Waals surface area contributed by atoms with Crippen molar-refractivity contribution in [1.82, 2.24) is 0 Å². The van der Waals surface area contributed by atoms with Gasteiger partial charge in [-0.3, -0.25) is 0 Å². The van der Waals surface area contributed by atoms with E-state index >= 15 is 0 Å². The van der Waals surface area contributed by atoms with Crippen molar-refractivity contribution in [2.45, 2.75) is 44.1 Å². The quantitative estimate of drug-likeness (QED) is 0.314. The molecule has 3 unspecified atom stereocenters. The fraction of sp³-hybridized carbons (Fsp3) is 0.846. The molecule has 0 N–H and O–H groups in total. The van der Waals surface area contributed by atoms with Crippen molar-refractivity contribution in [3.05, 3.63) is 0 Å². The molecule has 0 aromatic rings. The first kappa shape index (κ1) is 14.2. The van der Waals surface area contributed by atoms with Gasteiger partial charge >= 0.3 is 3.98 Å². The summed E-state index contributed by atoms with van der Waals surface area (Å²) in [7, 11) is 0. The summed E-state index contributed by atoms with van der Waals surface area (Å²) in [6.45, 7) is 0.819. The van der Waals surface area contributed by atoms with Crippen molar-refractivity contribution in [3.63, 3.8) is 0 Å². The summed E-state index contributed by atoms with van der Waals surface area (Å²) < 4.78 is 10.6. The minimum Gasteiger partial charge on any atom is -0.452 e. The van der Waals surface area contributed by atoms with Gasteiger partial charge in [0.25, 0.3) is 0 Å². The van der Waals surface area contributed by atoms with E-state index in [2.05, 4.69) is 0 Å². The fourth-order valence-corrected chi connectivity index (χ4v) is 4.08. The van der Waals surface area contributed by atoms with E-state index in [0.29, 0.717) is 18.4 Å². The van der Waals surface area contributed by atoms with Crippen LogP contribution in [-0.2, 0) is 14.3 Å². The summed E-state index contributed by atoms with van der Waals surface area (Å²) in [5.74, 6) is 1.24. The van der Waals surface area contributed by atoms with Crippen LogP contribution in [0.1, 0.15) is 38.5 Å². The molecule has 5 heteroatoms. The van der Waals surface area contributed by atoms with Gasteiger partial charge in [-0.2, -0.15) is 0 Å². The minimum atomic E-state index is -0.198. The van der Waals surface area contributed by atoms with Crippen molar-refractivity contribution >= 4 is 32.9 Å². The Bertz CT molecular complexity index is 320. The third kappa shape index (κ3) is 3.44. The van der Waals surface area contributed by atoms with E-state index in [0.717, 1.165) is 38.4 Å². The molecule has 0 radical (unpaired) electrons. The van der Waals surface area contributed by atoms with Gasteiger partial charge in [0.15, 0.2) is 0 Å². The van der Waals surface area contributed by atoms with Crippen LogP contribution < -0.4 is 0 Å². The summed E-state index contributed by atoms with van der Waals surface area (Å²) in [5, 5.41) is 0. The maximum absolute atomic E-state index is 11.2. The van der Waals surface area contributed by atoms with Crippen molar-refractivity contribution in [3.8, 4) is 0 Å². The fourth-order valence-electron chi connectivity index (χ4n) is 3.61. The third-order valence-corrected chi connectivity index (χ3v) is 4.48. The molecule has 0 amide bonds. The Morgan fingerprint density at radius 1 is 1.44 bits per heavy atom. The van der Waals surface area contributed by atoms with Gasteiger partial charge in [0.1, 0.15) is 18.5 Å². The molecule has 0 spiro atoms. The zero-order valence-corrected chi connectivity index (χ0v) is 12.6. The summed E-state index contributed by atoms with van der Waals surface area (Å²) in [6.07, 6.45) is 7.13. The lowest BCUT2D eigenvalue weighted by atomic mass is 9.84. The number of ether oxygens (including phenoxy) is 2. The van der Waals surface area contributed by atoms with Gasteiger partial charge in [-0.15, -0.1) is 0 Å². The molecule has 18 heavy (non-hydrogen) atoms. The van der Waals surface area contributed by atoms with Crippen LogP contribution in [0.25, 0.3) is 0 Å². The van der Waals surface area contributed by atoms with E-state index in [1.54, 1.807) is 22.6 Å². The second kappa shape index (κ2) is 6.32. The van der Waals surface area contributed by atoms with Crippen LogP contribution in [0.5, 0.6) is 0 Å². The summed E-state index contributed by atoms with van der Waals surface area (Å²) in [4.78, 5) is 21.4. The monoisotopic (exact) mass is 366 g/mol. The van der Waals surface area contributed by atoms with Crippen LogP contribution in [0.4, 0.5) is 4.79 Å². The highest BCUT2D eigenvalue weighted by atomic mass is 127. The average Bonchev–Trinajstić information content (AvgIpc) is 2.55. The van der Waals surface area contributed by atoms with E-state index in [1.807, 2.05) is 0 Å². The molecule has 2 fully saturated rings. The zero-order valence-electron chi connectivity index (χ0n) is 10.4. The van der Waals surface area contributed by atoms with Crippen molar-refractivity contribution < 1.29 is 19.1 Å². The highest BCUT2D eigenvalue weighted by Gasteiger charge is 2.49. The molecule has 0 heterocycles. The van der Waals surface area contributed by atoms with Crippen LogP contribution in [0, 0.1) is 11.8 Å². The van der Waals surface area contributed by atoms with Gasteiger partial charge in [0.2, 0.25) is 0 Å². The largest absolute Gasteiger partial charge is 0.452 e. The van der Waals surface area contributed by atoms with Crippen LogP contribution in [0.3, 0.4) is 0 Å². The number of aldehydes is 1. The Labute approximate surface area is 121 Å². The van der Waals surface area contributed by atoms with Gasteiger partial charge < -0.3 is 14.3 Å². The van der Waals surface area contributed by atoms with Crippen LogP contribution in [0.15, 0.2) is 0 Å². The molecule has 3 atom stereocenters. The van der Waals surface area contributed by atoms with Gasteiger partial charge in [-0.25, -0.2) is 4.79 Å². The molecule has 102 valence electrons. The van der Waals surface area contributed by atoms with Gasteiger partial charge in [-0.05, 0) is 50.4 Å². The van der Waals surface area contributed by atoms with Crippen LogP contribution >= 0.6 is 22.6 Å². The average molecular weight is 366 g/mol. The Balaban J connectivity index is 1.86. The number of hydrogen-bond acceptors (Lipinski definition) is 4. The molecule has 0 aliphatic heterocycles. The summed E-state index contributed by atoms with van der Waals surface area (Å²) >= 11 is 1.72. The number of halogens is 1. The SMILES string of the molecule is O=CCOCCC1CC2(OC(=O)I)CCCC1C2. The zero-order chi connectivity index (χ0) is 13.0. The second-order valence-electron chi connectivity index (χ2n) is 5.37. The topological polar surface area (TPSA) is 52.6 Å². The summed E-state index contributed by atoms with van der Waals surface area (Å²) in [6, 6.07) is 0. The minimum absolute atomic E-state index is 0.186. The normalized spacial score (nSPS) is 34.3. The molecule has 2 saturated carbocycles. The highest BCUT2D eigenvalue weighted by molar-refractivity contribution is 14.1. The lowest BCUT2D eigenvalue weighted by Crippen LogP contribution is -2.32. The van der Waals surface area contributed by atoms with Crippen molar-refractivity contribution in [2.75, 3.05) is 13.2 Å². The number of hydrogen-bond donors (Lipinski definition) is 0. The molecule has 4 nitrogen and oxygen atoms in total. The number of rotatable bonds is 6. The van der Waals surface area contributed by atoms with Gasteiger partial charge in [0, 0.05) is 6.61 Å². The Morgan fingerprint density at radius 2 is 2.28 bits per heavy atom. The molecule has 0 saturated heterocycles. The molecule has 2 aliphatic rings. The first-order valence-electron chi connectivity index (χ1n) is 6.55. The first-order chi connectivity index (χ1) is 8.65. The Hall–Kier alpha value is -0.170. The van der Waals surface area contributed by atoms with E-state index in [-0.39, 0.29) is 16.2 Å². The van der Waals surface area contributed by atoms with Crippen LogP contribution in [-0.4, -0.2) is 29.1 Å². The first-order valence-corrected chi connectivity index (χ1v) is 7.63. The molecule has 2 bridgehead atoms. The molecule has 0 aromatic heterocycles. The second-order valence-corrected chi connectivity index (χ2v) is 6.25. The predicted molar refractivity (Wildman–Crippen MR) is 74.8 cm³/mol. The third-order valence-electron chi connectivity index (χ3n) is 4.26. The standard InChI is InChI=1S/C13H19IO4/c14-12(16)18-13-4-1-2-10(8-13)11(9-13)3-6-17-7-5-15/h5,10-11H,1-4,6-9H2. The van der Waals surface area contributed by atoms with E-state index < -0.39 is 0 Å². The molecular weight excluding hydrogens is 347 g/mol. The number of fused-ring (bicyclic) bond motifs is 2. The predicted octanol–water partition coefficient (Wildman–Crippen LogP) is 3.11. The van der Waals surface area contributed by atoms with E-state index in [9.17, 15) is 9.59 Å². The van der Waals surface area contributed by atoms with Crippen LogP contribution in [0.2, 0.25) is 0 Å². The number of carbonyl (C=O) groups excluding carboxylic acids is 2. The highest BCUT2D eigenvalue weighted by Crippen LogP contribution is 2.52. The lowest BCUT2D eigenvalue weighted by Gasteiger charge is -2.31. The Morgan fingerprint density at radius 3 is 3.00 bits per heavy atom. The van der Waals surface area contributed by atoms with E-state index in [1.165, 1.54) is 6.42 Å². The van der Waals surface area contributed by atoms with Crippen molar-refractivity contribution in [1.29, 1.82) is 0 Å². The van der Waals surface area contributed by atoms with Gasteiger partial charge in [0.05, 0.1) is 22.6 Å². The van der Waals surface area contributed by atoms with E-state index in [4.69, 9.17) is 9.47 Å². The summed E-state index contributed by atoms with van der Waals surface area (Å²) in [5.41, 5.74) is -0.198. The molecular formula is C13H19IO4. The van der Waals surface area contributed by atoms with Gasteiger partial charge in [-0.1, -0.05) is 0 Å². The lowest BCUT2D eigenvalue weighted by molar-refractivity contribution is -0.112. The maximum Gasteiger partial charge on any atom is 0.367 e. The molecule has 0 aromatic carbocycles. The molecule has 2 rings (SSSR count). The smallest absolute Gasteiger partial charge is 0.367 e. The molecule has 2 aliphatic carbocycles.